The highest BCUT2D eigenvalue weighted by Gasteiger charge is 2.25. The number of aromatic nitrogens is 1. The molecule has 0 unspecified atom stereocenters. The fraction of sp³-hybridized carbons (Fsp3) is 0.290. The Morgan fingerprint density at radius 2 is 1.66 bits per heavy atom. The van der Waals surface area contributed by atoms with E-state index in [4.69, 9.17) is 4.74 Å². The molecule has 1 N–H and O–H groups in total. The molecule has 0 spiro atoms. The van der Waals surface area contributed by atoms with Crippen LogP contribution in [0, 0.1) is 0 Å². The molecular weight excluding hydrogens is 494 g/mol. The van der Waals surface area contributed by atoms with E-state index in [2.05, 4.69) is 46.3 Å². The molecule has 5 rings (SSSR count). The van der Waals surface area contributed by atoms with Crippen LogP contribution >= 0.6 is 0 Å². The van der Waals surface area contributed by atoms with Gasteiger partial charge in [-0.2, -0.15) is 0 Å². The average molecular weight is 530 g/mol. The van der Waals surface area contributed by atoms with Gasteiger partial charge in [0.1, 0.15) is 5.75 Å². The largest absolute Gasteiger partial charge is 0.496 e. The van der Waals surface area contributed by atoms with Gasteiger partial charge in [0.15, 0.2) is 0 Å². The second kappa shape index (κ2) is 11.5. The van der Waals surface area contributed by atoms with Crippen LogP contribution in [0.5, 0.6) is 5.75 Å². The third-order valence-electron chi connectivity index (χ3n) is 7.41. The summed E-state index contributed by atoms with van der Waals surface area (Å²) >= 11 is 0. The van der Waals surface area contributed by atoms with E-state index < -0.39 is 10.0 Å². The summed E-state index contributed by atoms with van der Waals surface area (Å²) in [5.41, 5.74) is 4.62. The Labute approximate surface area is 225 Å². The third kappa shape index (κ3) is 5.49. The SMILES string of the molecule is COc1ccc(S(=O)(=O)N(C)c2ccccc2)cc1-c1ccc(CN2CCCCC[C@H]2c2ccccc2)[nH]1. The van der Waals surface area contributed by atoms with Gasteiger partial charge in [-0.25, -0.2) is 8.42 Å². The highest BCUT2D eigenvalue weighted by Crippen LogP contribution is 2.35. The van der Waals surface area contributed by atoms with Crippen molar-refractivity contribution in [2.45, 2.75) is 43.2 Å². The van der Waals surface area contributed by atoms with E-state index in [9.17, 15) is 8.42 Å². The Morgan fingerprint density at radius 3 is 2.39 bits per heavy atom. The van der Waals surface area contributed by atoms with Gasteiger partial charge in [-0.05, 0) is 67.4 Å². The Hall–Kier alpha value is -3.55. The van der Waals surface area contributed by atoms with E-state index >= 15 is 0 Å². The van der Waals surface area contributed by atoms with E-state index in [-0.39, 0.29) is 4.90 Å². The minimum atomic E-state index is -3.75. The maximum Gasteiger partial charge on any atom is 0.264 e. The van der Waals surface area contributed by atoms with Crippen molar-refractivity contribution >= 4 is 15.7 Å². The molecule has 0 aliphatic carbocycles. The zero-order valence-electron chi connectivity index (χ0n) is 22.0. The summed E-state index contributed by atoms with van der Waals surface area (Å²) in [6.07, 6.45) is 4.84. The van der Waals surface area contributed by atoms with Crippen molar-refractivity contribution in [1.29, 1.82) is 0 Å². The van der Waals surface area contributed by atoms with Gasteiger partial charge < -0.3 is 9.72 Å². The van der Waals surface area contributed by atoms with Gasteiger partial charge in [-0.3, -0.25) is 9.21 Å². The van der Waals surface area contributed by atoms with Crippen molar-refractivity contribution in [2.75, 3.05) is 25.0 Å². The fourth-order valence-corrected chi connectivity index (χ4v) is 6.53. The molecule has 3 aromatic carbocycles. The molecule has 38 heavy (non-hydrogen) atoms. The minimum Gasteiger partial charge on any atom is -0.496 e. The van der Waals surface area contributed by atoms with Crippen LogP contribution in [0.3, 0.4) is 0 Å². The van der Waals surface area contributed by atoms with Crippen LogP contribution in [-0.4, -0.2) is 39.0 Å². The summed E-state index contributed by atoms with van der Waals surface area (Å²) < 4.78 is 33.8. The quantitative estimate of drug-likeness (QED) is 0.278. The van der Waals surface area contributed by atoms with E-state index in [1.165, 1.54) is 29.1 Å². The number of hydrogen-bond donors (Lipinski definition) is 1. The summed E-state index contributed by atoms with van der Waals surface area (Å²) in [4.78, 5) is 6.33. The molecular formula is C31H35N3O3S. The van der Waals surface area contributed by atoms with Crippen molar-refractivity contribution in [3.63, 3.8) is 0 Å². The second-order valence-corrected chi connectivity index (χ2v) is 11.8. The van der Waals surface area contributed by atoms with Crippen LogP contribution in [0.1, 0.15) is 43.0 Å². The molecule has 0 amide bonds. The number of aromatic amines is 1. The summed E-state index contributed by atoms with van der Waals surface area (Å²) in [7, 11) is -0.569. The summed E-state index contributed by atoms with van der Waals surface area (Å²) in [6.45, 7) is 1.85. The number of likely N-dealkylation sites (tertiary alicyclic amines) is 1. The first kappa shape index (κ1) is 26.1. The summed E-state index contributed by atoms with van der Waals surface area (Å²) in [6, 6.07) is 29.4. The molecule has 6 nitrogen and oxygen atoms in total. The van der Waals surface area contributed by atoms with Gasteiger partial charge in [0.25, 0.3) is 10.0 Å². The molecule has 0 bridgehead atoms. The third-order valence-corrected chi connectivity index (χ3v) is 9.19. The van der Waals surface area contributed by atoms with Gasteiger partial charge in [-0.15, -0.1) is 0 Å². The monoisotopic (exact) mass is 529 g/mol. The molecule has 0 saturated carbocycles. The van der Waals surface area contributed by atoms with Gasteiger partial charge in [-0.1, -0.05) is 61.4 Å². The smallest absolute Gasteiger partial charge is 0.264 e. The number of benzene rings is 3. The minimum absolute atomic E-state index is 0.215. The van der Waals surface area contributed by atoms with Gasteiger partial charge >= 0.3 is 0 Å². The van der Waals surface area contributed by atoms with Crippen LogP contribution in [0.4, 0.5) is 5.69 Å². The number of ether oxygens (including phenoxy) is 1. The van der Waals surface area contributed by atoms with E-state index in [0.29, 0.717) is 17.5 Å². The van der Waals surface area contributed by atoms with Crippen molar-refractivity contribution in [2.24, 2.45) is 0 Å². The first-order chi connectivity index (χ1) is 18.5. The number of para-hydroxylation sites is 1. The van der Waals surface area contributed by atoms with Crippen LogP contribution in [0.25, 0.3) is 11.3 Å². The van der Waals surface area contributed by atoms with Gasteiger partial charge in [0.05, 0.1) is 17.7 Å². The number of anilines is 1. The van der Waals surface area contributed by atoms with Gasteiger partial charge in [0.2, 0.25) is 0 Å². The molecule has 1 aliphatic heterocycles. The fourth-order valence-electron chi connectivity index (χ4n) is 5.31. The maximum absolute atomic E-state index is 13.5. The molecule has 1 aliphatic rings. The number of nitrogens with zero attached hydrogens (tertiary/aromatic N) is 2. The lowest BCUT2D eigenvalue weighted by Crippen LogP contribution is -2.28. The van der Waals surface area contributed by atoms with Crippen molar-refractivity contribution in [3.8, 4) is 17.0 Å². The van der Waals surface area contributed by atoms with Crippen molar-refractivity contribution in [1.82, 2.24) is 9.88 Å². The number of nitrogens with one attached hydrogen (secondary N) is 1. The number of methoxy groups -OCH3 is 1. The Kier molecular flexibility index (Phi) is 7.86. The second-order valence-electron chi connectivity index (χ2n) is 9.81. The number of rotatable bonds is 8. The molecule has 1 atom stereocenters. The standard InChI is InChI=1S/C31H35N3O3S/c1-33(26-14-8-4-9-15-26)38(35,36)27-18-20-31(37-2)28(22-27)29-19-17-25(32-29)23-34-21-11-5-10-16-30(34)24-12-6-3-7-13-24/h3-4,6-9,12-15,17-20,22,30,32H,5,10-11,16,21,23H2,1-2H3/t30-/m0/s1. The molecule has 0 radical (unpaired) electrons. The highest BCUT2D eigenvalue weighted by atomic mass is 32.2. The molecule has 1 saturated heterocycles. The predicted octanol–water partition coefficient (Wildman–Crippen LogP) is 6.63. The van der Waals surface area contributed by atoms with Crippen molar-refractivity contribution < 1.29 is 13.2 Å². The zero-order chi connectivity index (χ0) is 26.5. The predicted molar refractivity (Wildman–Crippen MR) is 153 cm³/mol. The normalized spacial score (nSPS) is 16.6. The number of hydrogen-bond acceptors (Lipinski definition) is 4. The molecule has 2 heterocycles. The van der Waals surface area contributed by atoms with Gasteiger partial charge in [0, 0.05) is 36.6 Å². The average Bonchev–Trinajstić information content (AvgIpc) is 3.30. The van der Waals surface area contributed by atoms with Crippen LogP contribution in [0.2, 0.25) is 0 Å². The molecule has 1 aromatic heterocycles. The molecule has 4 aromatic rings. The highest BCUT2D eigenvalue weighted by molar-refractivity contribution is 7.92. The zero-order valence-corrected chi connectivity index (χ0v) is 22.8. The molecule has 198 valence electrons. The van der Waals surface area contributed by atoms with Crippen LogP contribution in [0.15, 0.2) is 95.9 Å². The lowest BCUT2D eigenvalue weighted by Gasteiger charge is -2.30. The van der Waals surface area contributed by atoms with Crippen LogP contribution in [-0.2, 0) is 16.6 Å². The first-order valence-corrected chi connectivity index (χ1v) is 14.6. The summed E-state index contributed by atoms with van der Waals surface area (Å²) in [5.74, 6) is 0.622. The van der Waals surface area contributed by atoms with E-state index in [1.807, 2.05) is 24.3 Å². The lowest BCUT2D eigenvalue weighted by atomic mass is 10.0. The molecule has 7 heteroatoms. The Balaban J connectivity index is 1.43. The topological polar surface area (TPSA) is 65.6 Å². The van der Waals surface area contributed by atoms with E-state index in [1.54, 1.807) is 44.5 Å². The maximum atomic E-state index is 13.5. The Morgan fingerprint density at radius 1 is 0.921 bits per heavy atom. The summed E-state index contributed by atoms with van der Waals surface area (Å²) in [5, 5.41) is 0. The number of sulfonamides is 1. The van der Waals surface area contributed by atoms with Crippen molar-refractivity contribution in [3.05, 3.63) is 102 Å². The first-order valence-electron chi connectivity index (χ1n) is 13.2. The van der Waals surface area contributed by atoms with E-state index in [0.717, 1.165) is 36.5 Å². The van der Waals surface area contributed by atoms with Crippen LogP contribution < -0.4 is 9.04 Å². The number of H-pyrrole nitrogens is 1. The molecule has 1 fully saturated rings. The lowest BCUT2D eigenvalue weighted by molar-refractivity contribution is 0.190. The Bertz CT molecular complexity index is 1450.